The third-order valence-electron chi connectivity index (χ3n) is 2.85. The Morgan fingerprint density at radius 3 is 2.38 bits per heavy atom. The van der Waals surface area contributed by atoms with Crippen molar-refractivity contribution in [3.05, 3.63) is 0 Å². The number of ether oxygens (including phenoxy) is 1. The van der Waals surface area contributed by atoms with Crippen LogP contribution < -0.4 is 5.73 Å². The molecule has 0 radical (unpaired) electrons. The first kappa shape index (κ1) is 13.7. The van der Waals surface area contributed by atoms with Crippen LogP contribution in [0.5, 0.6) is 0 Å². The molecule has 1 aliphatic heterocycles. The second-order valence-electron chi connectivity index (χ2n) is 4.54. The van der Waals surface area contributed by atoms with E-state index in [4.69, 9.17) is 10.5 Å². The third kappa shape index (κ3) is 3.09. The van der Waals surface area contributed by atoms with Crippen LogP contribution in [0, 0.1) is 0 Å². The van der Waals surface area contributed by atoms with Crippen LogP contribution in [0.25, 0.3) is 0 Å². The Balaban J connectivity index is 2.84. The molecule has 0 bridgehead atoms. The van der Waals surface area contributed by atoms with E-state index in [2.05, 4.69) is 0 Å². The first-order chi connectivity index (χ1) is 7.23. The number of hydrogen-bond acceptors (Lipinski definition) is 3. The molecular formula is C10H19F3N2O. The number of nitrogens with zero attached hydrogens (tertiary/aromatic N) is 1. The minimum absolute atomic E-state index is 0.181. The van der Waals surface area contributed by atoms with Crippen LogP contribution in [0.2, 0.25) is 0 Å². The molecule has 0 aliphatic carbocycles. The number of alkyl halides is 3. The first-order valence-corrected chi connectivity index (χ1v) is 5.43. The van der Waals surface area contributed by atoms with Crippen molar-refractivity contribution < 1.29 is 17.9 Å². The molecule has 1 aliphatic rings. The van der Waals surface area contributed by atoms with Gasteiger partial charge < -0.3 is 10.5 Å². The highest BCUT2D eigenvalue weighted by atomic mass is 19.4. The summed E-state index contributed by atoms with van der Waals surface area (Å²) in [4.78, 5) is 1.40. The smallest absolute Gasteiger partial charge is 0.376 e. The lowest BCUT2D eigenvalue weighted by Crippen LogP contribution is -2.62. The molecule has 1 rings (SSSR count). The van der Waals surface area contributed by atoms with Crippen LogP contribution in [-0.4, -0.2) is 48.5 Å². The van der Waals surface area contributed by atoms with Gasteiger partial charge in [0.1, 0.15) is 6.04 Å². The van der Waals surface area contributed by atoms with E-state index in [0.717, 1.165) is 0 Å². The molecule has 0 saturated carbocycles. The maximum absolute atomic E-state index is 12.9. The summed E-state index contributed by atoms with van der Waals surface area (Å²) in [6, 6.07) is -2.78. The van der Waals surface area contributed by atoms with E-state index in [9.17, 15) is 13.2 Å². The molecule has 96 valence electrons. The molecule has 16 heavy (non-hydrogen) atoms. The Kier molecular flexibility index (Phi) is 4.20. The van der Waals surface area contributed by atoms with Crippen molar-refractivity contribution in [3.8, 4) is 0 Å². The molecule has 4 atom stereocenters. The number of morpholine rings is 1. The summed E-state index contributed by atoms with van der Waals surface area (Å²) >= 11 is 0. The van der Waals surface area contributed by atoms with E-state index in [1.165, 1.54) is 11.8 Å². The maximum Gasteiger partial charge on any atom is 0.405 e. The minimum atomic E-state index is -4.29. The van der Waals surface area contributed by atoms with Gasteiger partial charge in [0, 0.05) is 18.6 Å². The van der Waals surface area contributed by atoms with E-state index in [1.807, 2.05) is 0 Å². The lowest BCUT2D eigenvalue weighted by atomic mass is 10.0. The predicted octanol–water partition coefficient (Wildman–Crippen LogP) is 1.37. The summed E-state index contributed by atoms with van der Waals surface area (Å²) in [7, 11) is 0. The Hall–Kier alpha value is -0.330. The quantitative estimate of drug-likeness (QED) is 0.792. The Bertz CT molecular complexity index is 233. The zero-order valence-electron chi connectivity index (χ0n) is 9.79. The largest absolute Gasteiger partial charge is 0.405 e. The summed E-state index contributed by atoms with van der Waals surface area (Å²) in [6.45, 7) is 5.48. The van der Waals surface area contributed by atoms with Gasteiger partial charge in [-0.25, -0.2) is 0 Å². The van der Waals surface area contributed by atoms with E-state index in [-0.39, 0.29) is 18.7 Å². The summed E-state index contributed by atoms with van der Waals surface area (Å²) in [5.74, 6) is 0. The molecule has 1 heterocycles. The molecule has 0 amide bonds. The average molecular weight is 240 g/mol. The molecule has 1 saturated heterocycles. The van der Waals surface area contributed by atoms with Gasteiger partial charge in [-0.2, -0.15) is 13.2 Å². The highest BCUT2D eigenvalue weighted by Gasteiger charge is 2.48. The lowest BCUT2D eigenvalue weighted by molar-refractivity contribution is -0.209. The fourth-order valence-corrected chi connectivity index (χ4v) is 2.10. The van der Waals surface area contributed by atoms with E-state index in [0.29, 0.717) is 6.61 Å². The van der Waals surface area contributed by atoms with Gasteiger partial charge in [0.15, 0.2) is 0 Å². The van der Waals surface area contributed by atoms with E-state index < -0.39 is 18.3 Å². The molecule has 6 heteroatoms. The summed E-state index contributed by atoms with van der Waals surface area (Å²) in [6.07, 6.45) is -4.47. The summed E-state index contributed by atoms with van der Waals surface area (Å²) in [5.41, 5.74) is 5.46. The first-order valence-electron chi connectivity index (χ1n) is 5.43. The predicted molar refractivity (Wildman–Crippen MR) is 55.1 cm³/mol. The van der Waals surface area contributed by atoms with Gasteiger partial charge in [-0.1, -0.05) is 0 Å². The average Bonchev–Trinajstić information content (AvgIpc) is 2.08. The van der Waals surface area contributed by atoms with Crippen LogP contribution in [0.1, 0.15) is 20.8 Å². The normalized spacial score (nSPS) is 32.4. The molecule has 0 aromatic rings. The topological polar surface area (TPSA) is 38.5 Å². The molecule has 2 N–H and O–H groups in total. The molecule has 3 nitrogen and oxygen atoms in total. The van der Waals surface area contributed by atoms with Gasteiger partial charge in [-0.3, -0.25) is 4.90 Å². The highest BCUT2D eigenvalue weighted by molar-refractivity contribution is 4.90. The van der Waals surface area contributed by atoms with Gasteiger partial charge in [0.05, 0.1) is 12.7 Å². The van der Waals surface area contributed by atoms with Gasteiger partial charge in [0.25, 0.3) is 0 Å². The number of halogens is 3. The lowest BCUT2D eigenvalue weighted by Gasteiger charge is -2.43. The fraction of sp³-hybridized carbons (Fsp3) is 1.00. The SMILES string of the molecule is CC1CN(C(C(C)N)C(F)(F)F)C(C)CO1. The third-order valence-corrected chi connectivity index (χ3v) is 2.85. The monoisotopic (exact) mass is 240 g/mol. The molecule has 4 unspecified atom stereocenters. The van der Waals surface area contributed by atoms with Crippen LogP contribution >= 0.6 is 0 Å². The van der Waals surface area contributed by atoms with Crippen LogP contribution in [-0.2, 0) is 4.74 Å². The number of hydrogen-bond donors (Lipinski definition) is 1. The van der Waals surface area contributed by atoms with Crippen LogP contribution in [0.3, 0.4) is 0 Å². The van der Waals surface area contributed by atoms with Crippen LogP contribution in [0.4, 0.5) is 13.2 Å². The second-order valence-corrected chi connectivity index (χ2v) is 4.54. The van der Waals surface area contributed by atoms with Crippen molar-refractivity contribution in [2.24, 2.45) is 5.73 Å². The van der Waals surface area contributed by atoms with Gasteiger partial charge in [0.2, 0.25) is 0 Å². The second kappa shape index (κ2) is 4.89. The van der Waals surface area contributed by atoms with Gasteiger partial charge in [-0.05, 0) is 20.8 Å². The van der Waals surface area contributed by atoms with Crippen molar-refractivity contribution in [1.29, 1.82) is 0 Å². The minimum Gasteiger partial charge on any atom is -0.376 e. The molecule has 1 fully saturated rings. The zero-order chi connectivity index (χ0) is 12.5. The summed E-state index contributed by atoms with van der Waals surface area (Å²) < 4.78 is 44.0. The fourth-order valence-electron chi connectivity index (χ4n) is 2.10. The maximum atomic E-state index is 12.9. The van der Waals surface area contributed by atoms with Crippen molar-refractivity contribution in [2.45, 2.75) is 51.2 Å². The van der Waals surface area contributed by atoms with Gasteiger partial charge in [-0.15, -0.1) is 0 Å². The Labute approximate surface area is 93.7 Å². The standard InChI is InChI=1S/C10H19F3N2O/c1-6-5-16-7(2)4-15(6)9(8(3)14)10(11,12)13/h6-9H,4-5,14H2,1-3H3. The summed E-state index contributed by atoms with van der Waals surface area (Å²) in [5, 5.41) is 0. The van der Waals surface area contributed by atoms with Gasteiger partial charge >= 0.3 is 6.18 Å². The van der Waals surface area contributed by atoms with Crippen molar-refractivity contribution in [1.82, 2.24) is 4.90 Å². The molecule has 0 spiro atoms. The number of rotatable bonds is 2. The van der Waals surface area contributed by atoms with Crippen molar-refractivity contribution >= 4 is 0 Å². The van der Waals surface area contributed by atoms with E-state index >= 15 is 0 Å². The molecule has 0 aromatic carbocycles. The van der Waals surface area contributed by atoms with E-state index in [1.54, 1.807) is 13.8 Å². The van der Waals surface area contributed by atoms with Crippen molar-refractivity contribution in [2.75, 3.05) is 13.2 Å². The Morgan fingerprint density at radius 2 is 1.94 bits per heavy atom. The highest BCUT2D eigenvalue weighted by Crippen LogP contribution is 2.29. The van der Waals surface area contributed by atoms with Crippen molar-refractivity contribution in [3.63, 3.8) is 0 Å². The molecule has 0 aromatic heterocycles. The molecular weight excluding hydrogens is 221 g/mol. The number of nitrogens with two attached hydrogens (primary N) is 1. The zero-order valence-corrected chi connectivity index (χ0v) is 9.79. The van der Waals surface area contributed by atoms with Crippen LogP contribution in [0.15, 0.2) is 0 Å². The Morgan fingerprint density at radius 1 is 1.38 bits per heavy atom.